The van der Waals surface area contributed by atoms with Crippen LogP contribution in [0.5, 0.6) is 0 Å². The van der Waals surface area contributed by atoms with E-state index < -0.39 is 11.7 Å². The zero-order valence-electron chi connectivity index (χ0n) is 8.75. The summed E-state index contributed by atoms with van der Waals surface area (Å²) in [5.74, 6) is 0. The van der Waals surface area contributed by atoms with E-state index in [4.69, 9.17) is 0 Å². The summed E-state index contributed by atoms with van der Waals surface area (Å²) in [6.07, 6.45) is -1.24. The standard InChI is InChI=1S/C11H10F3N3/c12-11(13,14)10-4-2-1-3-8(10)5-15-9-6-16-17-7-9/h1-4,6-7,15H,5H2,(H,16,17). The second-order valence-corrected chi connectivity index (χ2v) is 3.50. The van der Waals surface area contributed by atoms with Gasteiger partial charge in [0, 0.05) is 12.7 Å². The summed E-state index contributed by atoms with van der Waals surface area (Å²) < 4.78 is 38.0. The monoisotopic (exact) mass is 241 g/mol. The third kappa shape index (κ3) is 2.77. The van der Waals surface area contributed by atoms with Crippen molar-refractivity contribution in [1.29, 1.82) is 0 Å². The summed E-state index contributed by atoms with van der Waals surface area (Å²) in [6.45, 7) is 0.106. The molecule has 0 bridgehead atoms. The van der Waals surface area contributed by atoms with Crippen molar-refractivity contribution < 1.29 is 13.2 Å². The van der Waals surface area contributed by atoms with E-state index in [0.29, 0.717) is 5.69 Å². The van der Waals surface area contributed by atoms with E-state index in [1.165, 1.54) is 18.3 Å². The van der Waals surface area contributed by atoms with Crippen LogP contribution in [0.15, 0.2) is 36.7 Å². The Bertz CT molecular complexity index is 477. The molecule has 0 amide bonds. The first-order valence-corrected chi connectivity index (χ1v) is 4.95. The van der Waals surface area contributed by atoms with Gasteiger partial charge >= 0.3 is 6.18 Å². The molecule has 0 spiro atoms. The van der Waals surface area contributed by atoms with Gasteiger partial charge in [0.1, 0.15) is 0 Å². The van der Waals surface area contributed by atoms with Crippen LogP contribution >= 0.6 is 0 Å². The molecule has 0 fully saturated rings. The summed E-state index contributed by atoms with van der Waals surface area (Å²) in [6, 6.07) is 5.49. The fourth-order valence-corrected chi connectivity index (χ4v) is 1.50. The van der Waals surface area contributed by atoms with Gasteiger partial charge in [-0.3, -0.25) is 5.10 Å². The number of aromatic amines is 1. The Morgan fingerprint density at radius 3 is 2.65 bits per heavy atom. The highest BCUT2D eigenvalue weighted by molar-refractivity contribution is 5.40. The molecule has 1 aromatic carbocycles. The number of rotatable bonds is 3. The van der Waals surface area contributed by atoms with Crippen molar-refractivity contribution in [3.63, 3.8) is 0 Å². The van der Waals surface area contributed by atoms with Gasteiger partial charge in [0.25, 0.3) is 0 Å². The minimum Gasteiger partial charge on any atom is -0.378 e. The summed E-state index contributed by atoms with van der Waals surface area (Å²) in [5.41, 5.74) is 0.249. The predicted octanol–water partition coefficient (Wildman–Crippen LogP) is 3.04. The van der Waals surface area contributed by atoms with Gasteiger partial charge in [-0.25, -0.2) is 0 Å². The van der Waals surface area contributed by atoms with Crippen molar-refractivity contribution in [1.82, 2.24) is 10.2 Å². The van der Waals surface area contributed by atoms with Crippen molar-refractivity contribution in [2.45, 2.75) is 12.7 Å². The number of anilines is 1. The Labute approximate surface area is 95.7 Å². The molecule has 2 rings (SSSR count). The van der Waals surface area contributed by atoms with Crippen LogP contribution in [0.2, 0.25) is 0 Å². The fraction of sp³-hybridized carbons (Fsp3) is 0.182. The van der Waals surface area contributed by atoms with Crippen LogP contribution in [-0.4, -0.2) is 10.2 Å². The third-order valence-corrected chi connectivity index (χ3v) is 2.30. The molecule has 0 saturated heterocycles. The van der Waals surface area contributed by atoms with Gasteiger partial charge < -0.3 is 5.32 Å². The van der Waals surface area contributed by atoms with E-state index in [0.717, 1.165) is 6.07 Å². The van der Waals surface area contributed by atoms with Crippen molar-refractivity contribution in [2.24, 2.45) is 0 Å². The first kappa shape index (κ1) is 11.5. The second kappa shape index (κ2) is 4.48. The molecule has 0 aliphatic carbocycles. The van der Waals surface area contributed by atoms with Crippen LogP contribution in [0.1, 0.15) is 11.1 Å². The van der Waals surface area contributed by atoms with Crippen molar-refractivity contribution in [3.8, 4) is 0 Å². The zero-order chi connectivity index (χ0) is 12.3. The number of hydrogen-bond donors (Lipinski definition) is 2. The molecule has 17 heavy (non-hydrogen) atoms. The van der Waals surface area contributed by atoms with Crippen LogP contribution in [-0.2, 0) is 12.7 Å². The van der Waals surface area contributed by atoms with E-state index in [9.17, 15) is 13.2 Å². The maximum absolute atomic E-state index is 12.7. The highest BCUT2D eigenvalue weighted by Gasteiger charge is 2.32. The highest BCUT2D eigenvalue weighted by atomic mass is 19.4. The average Bonchev–Trinajstić information content (AvgIpc) is 2.78. The SMILES string of the molecule is FC(F)(F)c1ccccc1CNc1cn[nH]c1. The number of H-pyrrole nitrogens is 1. The normalized spacial score (nSPS) is 11.5. The zero-order valence-corrected chi connectivity index (χ0v) is 8.75. The largest absolute Gasteiger partial charge is 0.416 e. The van der Waals surface area contributed by atoms with E-state index in [2.05, 4.69) is 15.5 Å². The van der Waals surface area contributed by atoms with E-state index in [-0.39, 0.29) is 12.1 Å². The Balaban J connectivity index is 2.16. The first-order valence-electron chi connectivity index (χ1n) is 4.95. The number of benzene rings is 1. The summed E-state index contributed by atoms with van der Waals surface area (Å²) >= 11 is 0. The molecule has 0 aliphatic rings. The maximum Gasteiger partial charge on any atom is 0.416 e. The molecule has 0 saturated carbocycles. The highest BCUT2D eigenvalue weighted by Crippen LogP contribution is 2.32. The molecule has 1 heterocycles. The van der Waals surface area contributed by atoms with Crippen molar-refractivity contribution in [3.05, 3.63) is 47.8 Å². The fourth-order valence-electron chi connectivity index (χ4n) is 1.50. The van der Waals surface area contributed by atoms with Gasteiger partial charge in [0.05, 0.1) is 17.4 Å². The van der Waals surface area contributed by atoms with Crippen molar-refractivity contribution >= 4 is 5.69 Å². The Morgan fingerprint density at radius 2 is 2.00 bits per heavy atom. The lowest BCUT2D eigenvalue weighted by atomic mass is 10.1. The average molecular weight is 241 g/mol. The first-order chi connectivity index (χ1) is 8.07. The number of alkyl halides is 3. The van der Waals surface area contributed by atoms with Gasteiger partial charge in [0.15, 0.2) is 0 Å². The van der Waals surface area contributed by atoms with E-state index in [1.54, 1.807) is 12.3 Å². The van der Waals surface area contributed by atoms with Crippen LogP contribution in [0.4, 0.5) is 18.9 Å². The lowest BCUT2D eigenvalue weighted by molar-refractivity contribution is -0.138. The third-order valence-electron chi connectivity index (χ3n) is 2.30. The Kier molecular flexibility index (Phi) is 3.03. The molecule has 0 atom stereocenters. The molecular formula is C11H10F3N3. The van der Waals surface area contributed by atoms with Crippen LogP contribution in [0.3, 0.4) is 0 Å². The Morgan fingerprint density at radius 1 is 1.24 bits per heavy atom. The molecule has 6 heteroatoms. The van der Waals surface area contributed by atoms with Crippen molar-refractivity contribution in [2.75, 3.05) is 5.32 Å². The minimum absolute atomic E-state index is 0.106. The molecule has 2 aromatic rings. The molecule has 0 unspecified atom stereocenters. The van der Waals surface area contributed by atoms with Gasteiger partial charge in [-0.1, -0.05) is 18.2 Å². The second-order valence-electron chi connectivity index (χ2n) is 3.50. The smallest absolute Gasteiger partial charge is 0.378 e. The van der Waals surface area contributed by atoms with Gasteiger partial charge in [-0.2, -0.15) is 18.3 Å². The molecule has 0 radical (unpaired) electrons. The molecule has 1 aromatic heterocycles. The van der Waals surface area contributed by atoms with Gasteiger partial charge in [-0.15, -0.1) is 0 Å². The number of aromatic nitrogens is 2. The molecular weight excluding hydrogens is 231 g/mol. The number of halogens is 3. The van der Waals surface area contributed by atoms with Crippen LogP contribution in [0, 0.1) is 0 Å². The Hall–Kier alpha value is -1.98. The summed E-state index contributed by atoms with van der Waals surface area (Å²) in [7, 11) is 0. The number of hydrogen-bond acceptors (Lipinski definition) is 2. The van der Waals surface area contributed by atoms with Crippen LogP contribution < -0.4 is 5.32 Å². The van der Waals surface area contributed by atoms with Gasteiger partial charge in [-0.05, 0) is 11.6 Å². The maximum atomic E-state index is 12.7. The quantitative estimate of drug-likeness (QED) is 0.867. The molecule has 90 valence electrons. The number of nitrogens with zero attached hydrogens (tertiary/aromatic N) is 1. The summed E-state index contributed by atoms with van der Waals surface area (Å²) in [5, 5.41) is 9.13. The van der Waals surface area contributed by atoms with Gasteiger partial charge in [0.2, 0.25) is 0 Å². The topological polar surface area (TPSA) is 40.7 Å². The van der Waals surface area contributed by atoms with Crippen LogP contribution in [0.25, 0.3) is 0 Å². The van der Waals surface area contributed by atoms with E-state index >= 15 is 0 Å². The summed E-state index contributed by atoms with van der Waals surface area (Å²) in [4.78, 5) is 0. The predicted molar refractivity (Wildman–Crippen MR) is 57.4 cm³/mol. The molecule has 2 N–H and O–H groups in total. The lowest BCUT2D eigenvalue weighted by Gasteiger charge is -2.12. The lowest BCUT2D eigenvalue weighted by Crippen LogP contribution is -2.11. The molecule has 0 aliphatic heterocycles. The molecule has 3 nitrogen and oxygen atoms in total. The minimum atomic E-state index is -4.32. The van der Waals surface area contributed by atoms with E-state index in [1.807, 2.05) is 0 Å². The number of nitrogens with one attached hydrogen (secondary N) is 2.